The minimum absolute atomic E-state index is 0.0362. The Bertz CT molecular complexity index is 324. The van der Waals surface area contributed by atoms with E-state index in [0.29, 0.717) is 10.0 Å². The van der Waals surface area contributed by atoms with Crippen LogP contribution in [0.4, 0.5) is 0 Å². The van der Waals surface area contributed by atoms with Crippen LogP contribution in [0.1, 0.15) is 15.9 Å². The van der Waals surface area contributed by atoms with Crippen LogP contribution in [-0.2, 0) is 0 Å². The number of aryl methyl sites for hydroxylation is 1. The molecule has 1 N–H and O–H groups in total. The summed E-state index contributed by atoms with van der Waals surface area (Å²) in [6.07, 6.45) is 0. The molecule has 0 aliphatic rings. The van der Waals surface area contributed by atoms with Gasteiger partial charge in [-0.15, -0.1) is 0 Å². The van der Waals surface area contributed by atoms with Gasteiger partial charge in [-0.1, -0.05) is 15.9 Å². The highest BCUT2D eigenvalue weighted by molar-refractivity contribution is 9.10. The SMILES string of the molecule is Cc1cc(C(=O)CBr)cc(O)c1Br. The summed E-state index contributed by atoms with van der Waals surface area (Å²) in [5.41, 5.74) is 1.37. The zero-order valence-electron chi connectivity index (χ0n) is 6.97. The number of alkyl halides is 1. The number of Topliss-reactive ketones (excluding diaryl/α,β-unsaturated/α-hetero) is 1. The molecule has 0 aromatic heterocycles. The van der Waals surface area contributed by atoms with E-state index >= 15 is 0 Å². The number of aromatic hydroxyl groups is 1. The first-order valence-electron chi connectivity index (χ1n) is 3.64. The predicted octanol–water partition coefficient (Wildman–Crippen LogP) is 3.04. The lowest BCUT2D eigenvalue weighted by atomic mass is 10.1. The number of rotatable bonds is 2. The molecule has 0 heterocycles. The lowest BCUT2D eigenvalue weighted by molar-refractivity contribution is 0.102. The fourth-order valence-corrected chi connectivity index (χ4v) is 1.54. The van der Waals surface area contributed by atoms with Crippen molar-refractivity contribution in [1.29, 1.82) is 0 Å². The van der Waals surface area contributed by atoms with Crippen LogP contribution in [0.3, 0.4) is 0 Å². The first-order valence-corrected chi connectivity index (χ1v) is 5.56. The molecule has 1 aromatic rings. The predicted molar refractivity (Wildman–Crippen MR) is 58.7 cm³/mol. The number of benzene rings is 1. The van der Waals surface area contributed by atoms with E-state index in [1.54, 1.807) is 6.07 Å². The van der Waals surface area contributed by atoms with Crippen molar-refractivity contribution in [3.8, 4) is 5.75 Å². The molecule has 0 aliphatic carbocycles. The fraction of sp³-hybridized carbons (Fsp3) is 0.222. The Kier molecular flexibility index (Phi) is 3.50. The third kappa shape index (κ3) is 2.31. The van der Waals surface area contributed by atoms with Crippen LogP contribution in [0, 0.1) is 6.92 Å². The fourth-order valence-electron chi connectivity index (χ4n) is 0.989. The molecule has 0 saturated heterocycles. The van der Waals surface area contributed by atoms with Gasteiger partial charge in [-0.05, 0) is 40.5 Å². The van der Waals surface area contributed by atoms with E-state index in [9.17, 15) is 9.90 Å². The summed E-state index contributed by atoms with van der Waals surface area (Å²) in [6, 6.07) is 3.20. The van der Waals surface area contributed by atoms with Crippen molar-refractivity contribution in [1.82, 2.24) is 0 Å². The maximum absolute atomic E-state index is 11.3. The maximum Gasteiger partial charge on any atom is 0.173 e. The monoisotopic (exact) mass is 306 g/mol. The lowest BCUT2D eigenvalue weighted by Crippen LogP contribution is -2.00. The molecule has 0 bridgehead atoms. The second kappa shape index (κ2) is 4.24. The van der Waals surface area contributed by atoms with Crippen molar-refractivity contribution < 1.29 is 9.90 Å². The highest BCUT2D eigenvalue weighted by atomic mass is 79.9. The number of phenols is 1. The summed E-state index contributed by atoms with van der Waals surface area (Å²) < 4.78 is 0.638. The van der Waals surface area contributed by atoms with E-state index in [4.69, 9.17) is 0 Å². The topological polar surface area (TPSA) is 37.3 Å². The highest BCUT2D eigenvalue weighted by Gasteiger charge is 2.09. The number of phenolic OH excluding ortho intramolecular Hbond substituents is 1. The van der Waals surface area contributed by atoms with Crippen LogP contribution in [0.5, 0.6) is 5.75 Å². The molecule has 2 nitrogen and oxygen atoms in total. The minimum Gasteiger partial charge on any atom is -0.507 e. The number of carbonyl (C=O) groups excluding carboxylic acids is 1. The molecule has 0 atom stereocenters. The zero-order valence-corrected chi connectivity index (χ0v) is 10.1. The second-order valence-electron chi connectivity index (χ2n) is 2.68. The average molecular weight is 308 g/mol. The van der Waals surface area contributed by atoms with Crippen LogP contribution in [0.25, 0.3) is 0 Å². The van der Waals surface area contributed by atoms with Gasteiger partial charge < -0.3 is 5.11 Å². The Morgan fingerprint density at radius 2 is 2.15 bits per heavy atom. The molecule has 70 valence electrons. The maximum atomic E-state index is 11.3. The largest absolute Gasteiger partial charge is 0.507 e. The van der Waals surface area contributed by atoms with E-state index in [1.165, 1.54) is 6.07 Å². The van der Waals surface area contributed by atoms with Gasteiger partial charge in [-0.3, -0.25) is 4.79 Å². The van der Waals surface area contributed by atoms with Crippen LogP contribution >= 0.6 is 31.9 Å². The van der Waals surface area contributed by atoms with Gasteiger partial charge in [0.2, 0.25) is 0 Å². The van der Waals surface area contributed by atoms with Gasteiger partial charge in [0.15, 0.2) is 5.78 Å². The molecule has 13 heavy (non-hydrogen) atoms. The zero-order chi connectivity index (χ0) is 10.0. The van der Waals surface area contributed by atoms with Crippen LogP contribution in [-0.4, -0.2) is 16.2 Å². The Hall–Kier alpha value is -0.350. The van der Waals surface area contributed by atoms with Crippen molar-refractivity contribution in [3.63, 3.8) is 0 Å². The van der Waals surface area contributed by atoms with Gasteiger partial charge in [0.1, 0.15) is 5.75 Å². The summed E-state index contributed by atoms with van der Waals surface area (Å²) in [5, 5.41) is 9.68. The first kappa shape index (κ1) is 10.7. The van der Waals surface area contributed by atoms with E-state index in [1.807, 2.05) is 6.92 Å². The smallest absolute Gasteiger partial charge is 0.173 e. The first-order chi connectivity index (χ1) is 6.06. The number of hydrogen-bond donors (Lipinski definition) is 1. The highest BCUT2D eigenvalue weighted by Crippen LogP contribution is 2.28. The quantitative estimate of drug-likeness (QED) is 0.673. The average Bonchev–Trinajstić information content (AvgIpc) is 2.12. The van der Waals surface area contributed by atoms with Crippen molar-refractivity contribution in [2.24, 2.45) is 0 Å². The summed E-state index contributed by atoms with van der Waals surface area (Å²) in [6.45, 7) is 1.83. The van der Waals surface area contributed by atoms with Gasteiger partial charge in [-0.2, -0.15) is 0 Å². The molecule has 0 spiro atoms. The Balaban J connectivity index is 3.20. The molecule has 0 amide bonds. The third-order valence-electron chi connectivity index (χ3n) is 1.68. The summed E-state index contributed by atoms with van der Waals surface area (Å²) in [5.74, 6) is 0.0650. The number of ketones is 1. The van der Waals surface area contributed by atoms with Crippen molar-refractivity contribution in [3.05, 3.63) is 27.7 Å². The molecular formula is C9H8Br2O2. The van der Waals surface area contributed by atoms with Gasteiger partial charge in [0, 0.05) is 5.56 Å². The lowest BCUT2D eigenvalue weighted by Gasteiger charge is -2.04. The molecule has 0 fully saturated rings. The normalized spacial score (nSPS) is 10.1. The van der Waals surface area contributed by atoms with Crippen LogP contribution in [0.15, 0.2) is 16.6 Å². The van der Waals surface area contributed by atoms with Crippen molar-refractivity contribution in [2.45, 2.75) is 6.92 Å². The van der Waals surface area contributed by atoms with Gasteiger partial charge in [0.05, 0.1) is 9.80 Å². The molecular weight excluding hydrogens is 300 g/mol. The number of halogens is 2. The second-order valence-corrected chi connectivity index (χ2v) is 4.04. The molecule has 0 aliphatic heterocycles. The number of carbonyl (C=O) groups is 1. The van der Waals surface area contributed by atoms with Crippen molar-refractivity contribution >= 4 is 37.6 Å². The Morgan fingerprint density at radius 1 is 1.54 bits per heavy atom. The standard InChI is InChI=1S/C9H8Br2O2/c1-5-2-6(8(13)4-10)3-7(12)9(5)11/h2-3,12H,4H2,1H3. The minimum atomic E-state index is -0.0362. The number of hydrogen-bond acceptors (Lipinski definition) is 2. The molecule has 0 unspecified atom stereocenters. The Labute approximate surface area is 93.2 Å². The molecule has 4 heteroatoms. The third-order valence-corrected chi connectivity index (χ3v) is 3.22. The molecule has 0 saturated carbocycles. The summed E-state index contributed by atoms with van der Waals surface area (Å²) in [7, 11) is 0. The summed E-state index contributed by atoms with van der Waals surface area (Å²) >= 11 is 6.29. The van der Waals surface area contributed by atoms with E-state index < -0.39 is 0 Å². The Morgan fingerprint density at radius 3 is 2.62 bits per heavy atom. The summed E-state index contributed by atoms with van der Waals surface area (Å²) in [4.78, 5) is 11.3. The van der Waals surface area contributed by atoms with E-state index in [-0.39, 0.29) is 16.9 Å². The van der Waals surface area contributed by atoms with E-state index in [2.05, 4.69) is 31.9 Å². The molecule has 0 radical (unpaired) electrons. The van der Waals surface area contributed by atoms with Gasteiger partial charge >= 0.3 is 0 Å². The van der Waals surface area contributed by atoms with Crippen LogP contribution < -0.4 is 0 Å². The van der Waals surface area contributed by atoms with Crippen molar-refractivity contribution in [2.75, 3.05) is 5.33 Å². The van der Waals surface area contributed by atoms with E-state index in [0.717, 1.165) is 5.56 Å². The van der Waals surface area contributed by atoms with Crippen LogP contribution in [0.2, 0.25) is 0 Å². The molecule has 1 rings (SSSR count). The van der Waals surface area contributed by atoms with Gasteiger partial charge in [-0.25, -0.2) is 0 Å². The van der Waals surface area contributed by atoms with Gasteiger partial charge in [0.25, 0.3) is 0 Å². The molecule has 1 aromatic carbocycles.